The third-order valence-electron chi connectivity index (χ3n) is 2.03. The van der Waals surface area contributed by atoms with Crippen LogP contribution in [0.3, 0.4) is 0 Å². The minimum absolute atomic E-state index is 0.194. The van der Waals surface area contributed by atoms with Crippen LogP contribution in [-0.2, 0) is 0 Å². The van der Waals surface area contributed by atoms with Crippen LogP contribution in [-0.4, -0.2) is 9.97 Å². The summed E-state index contributed by atoms with van der Waals surface area (Å²) in [7, 11) is 0. The number of anilines is 1. The zero-order valence-corrected chi connectivity index (χ0v) is 8.99. The van der Waals surface area contributed by atoms with Gasteiger partial charge in [0.25, 0.3) is 0 Å². The topological polar surface area (TPSA) is 51.8 Å². The zero-order chi connectivity index (χ0) is 10.8. The highest BCUT2D eigenvalue weighted by Gasteiger charge is 2.03. The van der Waals surface area contributed by atoms with E-state index in [0.29, 0.717) is 5.15 Å². The normalized spacial score (nSPS) is 10.3. The molecular weight excluding hydrogens is 210 g/mol. The number of benzene rings is 1. The molecule has 1 aromatic heterocycles. The predicted molar refractivity (Wildman–Crippen MR) is 61.6 cm³/mol. The zero-order valence-electron chi connectivity index (χ0n) is 8.24. The van der Waals surface area contributed by atoms with E-state index in [-0.39, 0.29) is 5.95 Å². The summed E-state index contributed by atoms with van der Waals surface area (Å²) in [5, 5.41) is 0.360. The van der Waals surface area contributed by atoms with E-state index in [4.69, 9.17) is 17.3 Å². The van der Waals surface area contributed by atoms with Crippen LogP contribution in [0.5, 0.6) is 0 Å². The van der Waals surface area contributed by atoms with Crippen molar-refractivity contribution in [2.45, 2.75) is 6.92 Å². The summed E-state index contributed by atoms with van der Waals surface area (Å²) in [6.07, 6.45) is 0. The predicted octanol–water partition coefficient (Wildman–Crippen LogP) is 2.69. The van der Waals surface area contributed by atoms with Gasteiger partial charge < -0.3 is 5.73 Å². The number of halogens is 1. The Balaban J connectivity index is 2.54. The van der Waals surface area contributed by atoms with Crippen molar-refractivity contribution in [1.82, 2.24) is 9.97 Å². The monoisotopic (exact) mass is 219 g/mol. The SMILES string of the molecule is Cc1cccc(-c2cc(Cl)nc(N)n2)c1. The Hall–Kier alpha value is -1.61. The van der Waals surface area contributed by atoms with Crippen molar-refractivity contribution in [2.75, 3.05) is 5.73 Å². The highest BCUT2D eigenvalue weighted by atomic mass is 35.5. The van der Waals surface area contributed by atoms with Crippen LogP contribution < -0.4 is 5.73 Å². The Kier molecular flexibility index (Phi) is 2.56. The summed E-state index contributed by atoms with van der Waals surface area (Å²) in [4.78, 5) is 7.94. The molecule has 0 unspecified atom stereocenters. The number of nitrogens with two attached hydrogens (primary N) is 1. The van der Waals surface area contributed by atoms with Gasteiger partial charge in [-0.15, -0.1) is 0 Å². The second kappa shape index (κ2) is 3.87. The Morgan fingerprint density at radius 1 is 1.20 bits per heavy atom. The Labute approximate surface area is 92.9 Å². The van der Waals surface area contributed by atoms with E-state index >= 15 is 0 Å². The van der Waals surface area contributed by atoms with Gasteiger partial charge in [-0.3, -0.25) is 0 Å². The fraction of sp³-hybridized carbons (Fsp3) is 0.0909. The van der Waals surface area contributed by atoms with Crippen LogP contribution in [0.15, 0.2) is 30.3 Å². The molecule has 0 saturated heterocycles. The molecule has 1 heterocycles. The van der Waals surface area contributed by atoms with Gasteiger partial charge in [-0.2, -0.15) is 0 Å². The van der Waals surface area contributed by atoms with E-state index in [1.165, 1.54) is 5.56 Å². The molecule has 3 nitrogen and oxygen atoms in total. The van der Waals surface area contributed by atoms with Gasteiger partial charge in [-0.05, 0) is 13.0 Å². The molecule has 2 aromatic rings. The number of hydrogen-bond donors (Lipinski definition) is 1. The number of rotatable bonds is 1. The highest BCUT2D eigenvalue weighted by molar-refractivity contribution is 6.29. The Morgan fingerprint density at radius 2 is 2.00 bits per heavy atom. The number of hydrogen-bond acceptors (Lipinski definition) is 3. The van der Waals surface area contributed by atoms with Gasteiger partial charge in [0.2, 0.25) is 5.95 Å². The van der Waals surface area contributed by atoms with Gasteiger partial charge in [0.1, 0.15) is 5.15 Å². The van der Waals surface area contributed by atoms with Crippen LogP contribution in [0.25, 0.3) is 11.3 Å². The lowest BCUT2D eigenvalue weighted by atomic mass is 10.1. The van der Waals surface area contributed by atoms with Crippen molar-refractivity contribution in [3.8, 4) is 11.3 Å². The van der Waals surface area contributed by atoms with Crippen molar-refractivity contribution in [2.24, 2.45) is 0 Å². The van der Waals surface area contributed by atoms with Gasteiger partial charge in [0.15, 0.2) is 0 Å². The van der Waals surface area contributed by atoms with E-state index in [1.54, 1.807) is 6.07 Å². The number of nitrogen functional groups attached to an aromatic ring is 1. The average Bonchev–Trinajstić information content (AvgIpc) is 2.16. The minimum Gasteiger partial charge on any atom is -0.368 e. The standard InChI is InChI=1S/C11H10ClN3/c1-7-3-2-4-8(5-7)9-6-10(12)15-11(13)14-9/h2-6H,1H3,(H2,13,14,15). The molecule has 4 heteroatoms. The lowest BCUT2D eigenvalue weighted by Crippen LogP contribution is -1.96. The molecule has 2 N–H and O–H groups in total. The van der Waals surface area contributed by atoms with E-state index in [9.17, 15) is 0 Å². The first kappa shape index (κ1) is 9.93. The van der Waals surface area contributed by atoms with Gasteiger partial charge in [0.05, 0.1) is 5.69 Å². The van der Waals surface area contributed by atoms with Gasteiger partial charge >= 0.3 is 0 Å². The third kappa shape index (κ3) is 2.25. The second-order valence-electron chi connectivity index (χ2n) is 3.30. The van der Waals surface area contributed by atoms with E-state index in [1.807, 2.05) is 31.2 Å². The molecule has 76 valence electrons. The van der Waals surface area contributed by atoms with Gasteiger partial charge in [0, 0.05) is 11.6 Å². The molecule has 0 bridgehead atoms. The lowest BCUT2D eigenvalue weighted by Gasteiger charge is -2.03. The molecule has 0 amide bonds. The van der Waals surface area contributed by atoms with Crippen LogP contribution in [0.2, 0.25) is 5.15 Å². The van der Waals surface area contributed by atoms with E-state index in [2.05, 4.69) is 9.97 Å². The van der Waals surface area contributed by atoms with Crippen molar-refractivity contribution >= 4 is 17.5 Å². The molecule has 0 atom stereocenters. The molecule has 15 heavy (non-hydrogen) atoms. The average molecular weight is 220 g/mol. The van der Waals surface area contributed by atoms with Crippen molar-refractivity contribution in [3.05, 3.63) is 41.0 Å². The lowest BCUT2D eigenvalue weighted by molar-refractivity contribution is 1.19. The minimum atomic E-state index is 0.194. The fourth-order valence-corrected chi connectivity index (χ4v) is 1.58. The maximum Gasteiger partial charge on any atom is 0.221 e. The number of nitrogens with zero attached hydrogens (tertiary/aromatic N) is 2. The molecule has 0 radical (unpaired) electrons. The maximum atomic E-state index is 5.81. The van der Waals surface area contributed by atoms with Crippen molar-refractivity contribution in [3.63, 3.8) is 0 Å². The Bertz CT molecular complexity index is 477. The molecule has 0 aliphatic carbocycles. The number of aromatic nitrogens is 2. The first-order valence-electron chi connectivity index (χ1n) is 4.52. The molecule has 2 rings (SSSR count). The summed E-state index contributed by atoms with van der Waals surface area (Å²) >= 11 is 5.81. The largest absolute Gasteiger partial charge is 0.368 e. The molecule has 0 aliphatic heterocycles. The Morgan fingerprint density at radius 3 is 2.67 bits per heavy atom. The van der Waals surface area contributed by atoms with E-state index in [0.717, 1.165) is 11.3 Å². The summed E-state index contributed by atoms with van der Waals surface area (Å²) in [5.74, 6) is 0.194. The first-order chi connectivity index (χ1) is 7.15. The maximum absolute atomic E-state index is 5.81. The van der Waals surface area contributed by atoms with Crippen LogP contribution in [0, 0.1) is 6.92 Å². The summed E-state index contributed by atoms with van der Waals surface area (Å²) in [6.45, 7) is 2.02. The van der Waals surface area contributed by atoms with Crippen LogP contribution in [0.1, 0.15) is 5.56 Å². The summed E-state index contributed by atoms with van der Waals surface area (Å²) < 4.78 is 0. The molecule has 0 spiro atoms. The molecule has 1 aromatic carbocycles. The third-order valence-corrected chi connectivity index (χ3v) is 2.22. The fourth-order valence-electron chi connectivity index (χ4n) is 1.39. The summed E-state index contributed by atoms with van der Waals surface area (Å²) in [5.41, 5.74) is 8.43. The second-order valence-corrected chi connectivity index (χ2v) is 3.69. The van der Waals surface area contributed by atoms with Crippen molar-refractivity contribution < 1.29 is 0 Å². The van der Waals surface area contributed by atoms with Crippen LogP contribution in [0.4, 0.5) is 5.95 Å². The molecule has 0 aliphatic rings. The molecule has 0 saturated carbocycles. The summed E-state index contributed by atoms with van der Waals surface area (Å²) in [6, 6.07) is 9.68. The smallest absolute Gasteiger partial charge is 0.221 e. The quantitative estimate of drug-likeness (QED) is 0.751. The van der Waals surface area contributed by atoms with E-state index < -0.39 is 0 Å². The highest BCUT2D eigenvalue weighted by Crippen LogP contribution is 2.21. The number of aryl methyl sites for hydroxylation is 1. The van der Waals surface area contributed by atoms with Gasteiger partial charge in [-0.25, -0.2) is 9.97 Å². The molecular formula is C11H10ClN3. The molecule has 0 fully saturated rings. The van der Waals surface area contributed by atoms with Gasteiger partial charge in [-0.1, -0.05) is 35.4 Å². The first-order valence-corrected chi connectivity index (χ1v) is 4.90. The van der Waals surface area contributed by atoms with Crippen molar-refractivity contribution in [1.29, 1.82) is 0 Å². The van der Waals surface area contributed by atoms with Crippen LogP contribution >= 0.6 is 11.6 Å².